The Bertz CT molecular complexity index is 519. The Hall–Kier alpha value is -1.18. The topological polar surface area (TPSA) is 65.4 Å². The molecule has 1 aromatic rings. The standard InChI is InChI=1S/C19H30N2O4/c22-10-1-11-25-18-4-2-17(3-5-18)14-21-7-6-19(23,16-21)15-20-8-12-24-13-9-20/h2-5,22-23H,1,6-16H2/t19-/m0/s1. The second kappa shape index (κ2) is 8.96. The summed E-state index contributed by atoms with van der Waals surface area (Å²) in [7, 11) is 0. The van der Waals surface area contributed by atoms with Crippen LogP contribution in [0, 0.1) is 0 Å². The molecule has 2 aliphatic rings. The first-order valence-corrected chi connectivity index (χ1v) is 9.24. The van der Waals surface area contributed by atoms with Crippen LogP contribution < -0.4 is 4.74 Å². The lowest BCUT2D eigenvalue weighted by atomic mass is 10.0. The van der Waals surface area contributed by atoms with Crippen LogP contribution in [0.15, 0.2) is 24.3 Å². The average molecular weight is 350 g/mol. The summed E-state index contributed by atoms with van der Waals surface area (Å²) in [6.07, 6.45) is 1.48. The van der Waals surface area contributed by atoms with E-state index < -0.39 is 5.60 Å². The van der Waals surface area contributed by atoms with E-state index in [-0.39, 0.29) is 6.61 Å². The van der Waals surface area contributed by atoms with Crippen molar-refractivity contribution in [3.8, 4) is 5.75 Å². The minimum atomic E-state index is -0.606. The van der Waals surface area contributed by atoms with Gasteiger partial charge in [-0.25, -0.2) is 0 Å². The SMILES string of the molecule is OCCCOc1ccc(CN2CC[C@](O)(CN3CCOCC3)C2)cc1. The Balaban J connectivity index is 1.45. The number of aliphatic hydroxyl groups is 2. The Morgan fingerprint density at radius 2 is 1.84 bits per heavy atom. The first kappa shape index (κ1) is 18.6. The molecule has 2 fully saturated rings. The number of hydrogen-bond acceptors (Lipinski definition) is 6. The second-order valence-electron chi connectivity index (χ2n) is 7.14. The van der Waals surface area contributed by atoms with Gasteiger partial charge >= 0.3 is 0 Å². The number of hydrogen-bond donors (Lipinski definition) is 2. The molecule has 3 rings (SSSR count). The van der Waals surface area contributed by atoms with Crippen molar-refractivity contribution in [3.05, 3.63) is 29.8 Å². The van der Waals surface area contributed by atoms with E-state index >= 15 is 0 Å². The fourth-order valence-corrected chi connectivity index (χ4v) is 3.58. The molecule has 1 aromatic carbocycles. The number of morpholine rings is 1. The van der Waals surface area contributed by atoms with Gasteiger partial charge in [0.1, 0.15) is 5.75 Å². The van der Waals surface area contributed by atoms with Crippen molar-refractivity contribution >= 4 is 0 Å². The van der Waals surface area contributed by atoms with Gasteiger partial charge in [-0.1, -0.05) is 12.1 Å². The number of β-amino-alcohol motifs (C(OH)–C–C–N with tert-alkyl or cyclic N) is 1. The van der Waals surface area contributed by atoms with Crippen LogP contribution in [0.5, 0.6) is 5.75 Å². The molecule has 2 saturated heterocycles. The summed E-state index contributed by atoms with van der Waals surface area (Å²) in [6, 6.07) is 8.10. The molecule has 0 amide bonds. The predicted octanol–water partition coefficient (Wildman–Crippen LogP) is 0.717. The third-order valence-corrected chi connectivity index (χ3v) is 4.93. The number of benzene rings is 1. The Kier molecular flexibility index (Phi) is 6.67. The van der Waals surface area contributed by atoms with Crippen LogP contribution in [0.25, 0.3) is 0 Å². The normalized spacial score (nSPS) is 25.4. The highest BCUT2D eigenvalue weighted by Crippen LogP contribution is 2.25. The molecule has 1 atom stereocenters. The second-order valence-corrected chi connectivity index (χ2v) is 7.14. The number of nitrogens with zero attached hydrogens (tertiary/aromatic N) is 2. The molecular weight excluding hydrogens is 320 g/mol. The van der Waals surface area contributed by atoms with Crippen molar-refractivity contribution in [2.75, 3.05) is 59.2 Å². The minimum Gasteiger partial charge on any atom is -0.494 e. The molecule has 0 aliphatic carbocycles. The predicted molar refractivity (Wildman–Crippen MR) is 95.7 cm³/mol. The number of rotatable bonds is 8. The lowest BCUT2D eigenvalue weighted by Crippen LogP contribution is -2.48. The maximum Gasteiger partial charge on any atom is 0.119 e. The van der Waals surface area contributed by atoms with Gasteiger partial charge in [0.2, 0.25) is 0 Å². The lowest BCUT2D eigenvalue weighted by molar-refractivity contribution is -0.0266. The van der Waals surface area contributed by atoms with Crippen LogP contribution in [-0.2, 0) is 11.3 Å². The Morgan fingerprint density at radius 1 is 1.08 bits per heavy atom. The summed E-state index contributed by atoms with van der Waals surface area (Å²) in [5.41, 5.74) is 0.621. The quantitative estimate of drug-likeness (QED) is 0.674. The summed E-state index contributed by atoms with van der Waals surface area (Å²) in [5, 5.41) is 19.7. The molecular formula is C19H30N2O4. The molecule has 0 saturated carbocycles. The fraction of sp³-hybridized carbons (Fsp3) is 0.684. The Labute approximate surface area is 149 Å². The van der Waals surface area contributed by atoms with Crippen molar-refractivity contribution < 1.29 is 19.7 Å². The molecule has 2 N–H and O–H groups in total. The van der Waals surface area contributed by atoms with Gasteiger partial charge in [0.15, 0.2) is 0 Å². The fourth-order valence-electron chi connectivity index (χ4n) is 3.58. The maximum absolute atomic E-state index is 10.9. The number of likely N-dealkylation sites (tertiary alicyclic amines) is 1. The third-order valence-electron chi connectivity index (χ3n) is 4.93. The van der Waals surface area contributed by atoms with Crippen LogP contribution in [0.2, 0.25) is 0 Å². The molecule has 2 aliphatic heterocycles. The van der Waals surface area contributed by atoms with Gasteiger partial charge in [0.25, 0.3) is 0 Å². The van der Waals surface area contributed by atoms with Gasteiger partial charge < -0.3 is 19.7 Å². The maximum atomic E-state index is 10.9. The van der Waals surface area contributed by atoms with Gasteiger partial charge in [-0.15, -0.1) is 0 Å². The molecule has 0 radical (unpaired) electrons. The largest absolute Gasteiger partial charge is 0.494 e. The highest BCUT2D eigenvalue weighted by Gasteiger charge is 2.37. The van der Waals surface area contributed by atoms with E-state index in [9.17, 15) is 5.11 Å². The van der Waals surface area contributed by atoms with Crippen LogP contribution in [0.1, 0.15) is 18.4 Å². The molecule has 0 spiro atoms. The van der Waals surface area contributed by atoms with Gasteiger partial charge in [-0.3, -0.25) is 9.80 Å². The van der Waals surface area contributed by atoms with E-state index in [1.54, 1.807) is 0 Å². The molecule has 6 nitrogen and oxygen atoms in total. The first-order chi connectivity index (χ1) is 12.2. The van der Waals surface area contributed by atoms with Crippen molar-refractivity contribution in [1.29, 1.82) is 0 Å². The third kappa shape index (κ3) is 5.66. The van der Waals surface area contributed by atoms with Crippen molar-refractivity contribution in [2.24, 2.45) is 0 Å². The smallest absolute Gasteiger partial charge is 0.119 e. The van der Waals surface area contributed by atoms with E-state index in [0.29, 0.717) is 13.0 Å². The van der Waals surface area contributed by atoms with E-state index in [1.807, 2.05) is 12.1 Å². The summed E-state index contributed by atoms with van der Waals surface area (Å²) in [4.78, 5) is 4.63. The average Bonchev–Trinajstić information content (AvgIpc) is 2.98. The molecule has 25 heavy (non-hydrogen) atoms. The highest BCUT2D eigenvalue weighted by molar-refractivity contribution is 5.27. The zero-order valence-electron chi connectivity index (χ0n) is 14.9. The molecule has 0 aromatic heterocycles. The van der Waals surface area contributed by atoms with E-state index in [2.05, 4.69) is 21.9 Å². The van der Waals surface area contributed by atoms with Gasteiger partial charge in [-0.05, 0) is 24.1 Å². The van der Waals surface area contributed by atoms with Crippen LogP contribution >= 0.6 is 0 Å². The summed E-state index contributed by atoms with van der Waals surface area (Å²) in [6.45, 7) is 7.30. The van der Waals surface area contributed by atoms with Crippen molar-refractivity contribution in [1.82, 2.24) is 9.80 Å². The molecule has 140 valence electrons. The van der Waals surface area contributed by atoms with Crippen molar-refractivity contribution in [2.45, 2.75) is 25.0 Å². The number of ether oxygens (including phenoxy) is 2. The summed E-state index contributed by atoms with van der Waals surface area (Å²) >= 11 is 0. The van der Waals surface area contributed by atoms with Gasteiger partial charge in [0, 0.05) is 52.3 Å². The van der Waals surface area contributed by atoms with E-state index in [1.165, 1.54) is 5.56 Å². The lowest BCUT2D eigenvalue weighted by Gasteiger charge is -2.33. The monoisotopic (exact) mass is 350 g/mol. The van der Waals surface area contributed by atoms with Crippen LogP contribution in [0.3, 0.4) is 0 Å². The first-order valence-electron chi connectivity index (χ1n) is 9.24. The molecule has 0 unspecified atom stereocenters. The molecule has 6 heteroatoms. The minimum absolute atomic E-state index is 0.153. The van der Waals surface area contributed by atoms with Gasteiger partial charge in [0.05, 0.1) is 25.4 Å². The van der Waals surface area contributed by atoms with Gasteiger partial charge in [-0.2, -0.15) is 0 Å². The van der Waals surface area contributed by atoms with Crippen molar-refractivity contribution in [3.63, 3.8) is 0 Å². The van der Waals surface area contributed by atoms with E-state index in [0.717, 1.165) is 64.7 Å². The summed E-state index contributed by atoms with van der Waals surface area (Å²) < 4.78 is 10.9. The van der Waals surface area contributed by atoms with E-state index in [4.69, 9.17) is 14.6 Å². The Morgan fingerprint density at radius 3 is 2.56 bits per heavy atom. The zero-order chi connectivity index (χ0) is 17.5. The van der Waals surface area contributed by atoms with Crippen LogP contribution in [0.4, 0.5) is 0 Å². The highest BCUT2D eigenvalue weighted by atomic mass is 16.5. The van der Waals surface area contributed by atoms with Crippen LogP contribution in [-0.4, -0.2) is 84.8 Å². The molecule has 0 bridgehead atoms. The molecule has 2 heterocycles. The number of aliphatic hydroxyl groups excluding tert-OH is 1. The zero-order valence-corrected chi connectivity index (χ0v) is 14.9. The summed E-state index contributed by atoms with van der Waals surface area (Å²) in [5.74, 6) is 0.836.